The van der Waals surface area contributed by atoms with Gasteiger partial charge >= 0.3 is 5.51 Å². The molecule has 0 saturated carbocycles. The summed E-state index contributed by atoms with van der Waals surface area (Å²) in [6.45, 7) is 7.22. The molecular formula is C42H39F4N5O3S3. The van der Waals surface area contributed by atoms with Crippen LogP contribution >= 0.6 is 11.9 Å². The molecule has 57 heavy (non-hydrogen) atoms. The molecule has 1 saturated heterocycles. The number of nitrogens with zero attached hydrogens (tertiary/aromatic N) is 3. The van der Waals surface area contributed by atoms with Crippen LogP contribution in [-0.2, 0) is 27.9 Å². The molecule has 2 N–H and O–H groups in total. The van der Waals surface area contributed by atoms with Crippen molar-refractivity contribution in [1.29, 1.82) is 0 Å². The smallest absolute Gasteiger partial charge is 0.368 e. The number of anilines is 4. The van der Waals surface area contributed by atoms with E-state index in [2.05, 4.69) is 61.9 Å². The van der Waals surface area contributed by atoms with Gasteiger partial charge in [-0.3, -0.25) is 0 Å². The number of hydrogen-bond acceptors (Lipinski definition) is 7. The summed E-state index contributed by atoms with van der Waals surface area (Å²) >= 11 is 0.955. The minimum atomic E-state index is -5.77. The molecule has 0 aliphatic carbocycles. The van der Waals surface area contributed by atoms with Gasteiger partial charge in [0.1, 0.15) is 21.7 Å². The minimum absolute atomic E-state index is 0.137. The normalized spacial score (nSPS) is 14.1. The van der Waals surface area contributed by atoms with Crippen molar-refractivity contribution in [2.45, 2.75) is 34.0 Å². The van der Waals surface area contributed by atoms with Crippen molar-refractivity contribution >= 4 is 55.5 Å². The summed E-state index contributed by atoms with van der Waals surface area (Å²) in [6.07, 6.45) is 0. The van der Waals surface area contributed by atoms with Gasteiger partial charge in [0.05, 0.1) is 16.3 Å². The Hall–Kier alpha value is -5.25. The van der Waals surface area contributed by atoms with E-state index in [1.165, 1.54) is 29.8 Å². The quantitative estimate of drug-likeness (QED) is 0.0993. The molecular weight excluding hydrogens is 795 g/mol. The fraction of sp³-hybridized carbons (Fsp3) is 0.190. The molecule has 7 rings (SSSR count). The van der Waals surface area contributed by atoms with Crippen LogP contribution in [0.3, 0.4) is 0 Å². The van der Waals surface area contributed by atoms with Gasteiger partial charge in [-0.2, -0.15) is 13.2 Å². The van der Waals surface area contributed by atoms with E-state index >= 15 is 0 Å². The van der Waals surface area contributed by atoms with E-state index in [0.717, 1.165) is 83.6 Å². The van der Waals surface area contributed by atoms with E-state index in [9.17, 15) is 30.2 Å². The first-order valence-corrected chi connectivity index (χ1v) is 21.4. The Kier molecular flexibility index (Phi) is 11.4. The summed E-state index contributed by atoms with van der Waals surface area (Å²) in [5, 5.41) is 0. The topological polar surface area (TPSA) is 86.7 Å². The maximum Gasteiger partial charge on any atom is 0.501 e. The lowest BCUT2D eigenvalue weighted by atomic mass is 9.97. The molecule has 1 aliphatic rings. The standard InChI is InChI=1S/C42H39F4N5O3S3/c1-28-29(2)49(3)41(30-12-14-32(43)15-13-30)40(28)31-8-7-9-35(26-31)51-24-22-50(23-25-51)34-18-16-33(17-19-34)48-56(52)37-20-21-38(47-55-36-10-5-4-6-11-36)39(27-37)57(53,54)42(44,45)46/h4-21,26-27,47-48H,22-25H2,1-3H3. The SMILES string of the molecule is Cc1c(-c2cccc(N3CCN(c4ccc(NS(=O)c5ccc(NSc6ccccc6)c(S(=O)(=O)C(F)(F)F)c5)cc4)CC3)c2)c(-c2ccc(F)cc2)n(C)c1C. The van der Waals surface area contributed by atoms with Gasteiger partial charge in [-0.15, -0.1) is 0 Å². The fourth-order valence-corrected chi connectivity index (χ4v) is 9.55. The van der Waals surface area contributed by atoms with Crippen LogP contribution in [0.15, 0.2) is 136 Å². The summed E-state index contributed by atoms with van der Waals surface area (Å²) < 4.78 is 101. The highest BCUT2D eigenvalue weighted by atomic mass is 32.2. The third-order valence-corrected chi connectivity index (χ3v) is 13.6. The summed E-state index contributed by atoms with van der Waals surface area (Å²) in [6, 6.07) is 34.3. The zero-order valence-electron chi connectivity index (χ0n) is 31.2. The highest BCUT2D eigenvalue weighted by Gasteiger charge is 2.48. The van der Waals surface area contributed by atoms with E-state index in [4.69, 9.17) is 0 Å². The number of nitrogens with one attached hydrogen (secondary N) is 2. The number of sulfone groups is 1. The van der Waals surface area contributed by atoms with Crippen molar-refractivity contribution in [3.63, 3.8) is 0 Å². The third-order valence-electron chi connectivity index (χ3n) is 10.1. The van der Waals surface area contributed by atoms with Crippen molar-refractivity contribution in [1.82, 2.24) is 4.57 Å². The summed E-state index contributed by atoms with van der Waals surface area (Å²) in [4.78, 5) is 4.08. The second-order valence-electron chi connectivity index (χ2n) is 13.6. The summed E-state index contributed by atoms with van der Waals surface area (Å²) in [7, 11) is -5.81. The van der Waals surface area contributed by atoms with Crippen LogP contribution in [0.2, 0.25) is 0 Å². The second kappa shape index (κ2) is 16.3. The van der Waals surface area contributed by atoms with Crippen LogP contribution in [0.25, 0.3) is 22.4 Å². The summed E-state index contributed by atoms with van der Waals surface area (Å²) in [5.41, 5.74) is 3.16. The number of aromatic nitrogens is 1. The van der Waals surface area contributed by atoms with E-state index < -0.39 is 31.2 Å². The number of hydrogen-bond donors (Lipinski definition) is 2. The molecule has 1 fully saturated rings. The Balaban J connectivity index is 1.02. The first-order chi connectivity index (χ1) is 27.2. The summed E-state index contributed by atoms with van der Waals surface area (Å²) in [5.74, 6) is -0.275. The molecule has 6 aromatic rings. The van der Waals surface area contributed by atoms with Crippen LogP contribution in [-0.4, -0.2) is 48.9 Å². The zero-order valence-corrected chi connectivity index (χ0v) is 33.6. The molecule has 15 heteroatoms. The minimum Gasteiger partial charge on any atom is -0.368 e. The van der Waals surface area contributed by atoms with Gasteiger partial charge in [-0.05, 0) is 133 Å². The molecule has 1 unspecified atom stereocenters. The lowest BCUT2D eigenvalue weighted by Gasteiger charge is -2.37. The van der Waals surface area contributed by atoms with Crippen LogP contribution in [0.5, 0.6) is 0 Å². The first-order valence-electron chi connectivity index (χ1n) is 18.0. The first kappa shape index (κ1) is 40.0. The van der Waals surface area contributed by atoms with Gasteiger partial charge in [0.15, 0.2) is 0 Å². The molecule has 0 amide bonds. The highest BCUT2D eigenvalue weighted by molar-refractivity contribution is 8.00. The highest BCUT2D eigenvalue weighted by Crippen LogP contribution is 2.40. The average Bonchev–Trinajstić information content (AvgIpc) is 3.44. The Morgan fingerprint density at radius 1 is 0.737 bits per heavy atom. The Bertz CT molecular complexity index is 2520. The largest absolute Gasteiger partial charge is 0.501 e. The average molecular weight is 834 g/mol. The van der Waals surface area contributed by atoms with Crippen molar-refractivity contribution in [3.8, 4) is 22.4 Å². The monoisotopic (exact) mass is 833 g/mol. The molecule has 1 atom stereocenters. The van der Waals surface area contributed by atoms with Crippen molar-refractivity contribution in [2.75, 3.05) is 45.4 Å². The number of rotatable bonds is 11. The molecule has 0 bridgehead atoms. The Morgan fingerprint density at radius 3 is 2.04 bits per heavy atom. The zero-order chi connectivity index (χ0) is 40.5. The molecule has 296 valence electrons. The molecule has 5 aromatic carbocycles. The number of alkyl halides is 3. The van der Waals surface area contributed by atoms with Crippen LogP contribution < -0.4 is 19.2 Å². The maximum absolute atomic E-state index is 13.8. The van der Waals surface area contributed by atoms with Crippen LogP contribution in [0, 0.1) is 19.7 Å². The molecule has 8 nitrogen and oxygen atoms in total. The molecule has 1 aliphatic heterocycles. The molecule has 0 spiro atoms. The molecule has 1 aromatic heterocycles. The van der Waals surface area contributed by atoms with Crippen LogP contribution in [0.4, 0.5) is 40.3 Å². The van der Waals surface area contributed by atoms with Gasteiger partial charge < -0.3 is 23.8 Å². The van der Waals surface area contributed by atoms with E-state index in [0.29, 0.717) is 10.6 Å². The van der Waals surface area contributed by atoms with Gasteiger partial charge in [-0.1, -0.05) is 30.3 Å². The van der Waals surface area contributed by atoms with E-state index in [1.54, 1.807) is 42.5 Å². The predicted molar refractivity (Wildman–Crippen MR) is 222 cm³/mol. The van der Waals surface area contributed by atoms with Gasteiger partial charge in [-0.25, -0.2) is 17.0 Å². The van der Waals surface area contributed by atoms with Gasteiger partial charge in [0, 0.05) is 66.4 Å². The second-order valence-corrected chi connectivity index (χ2v) is 17.6. The number of benzene rings is 5. The maximum atomic E-state index is 13.8. The molecule has 0 radical (unpaired) electrons. The predicted octanol–water partition coefficient (Wildman–Crippen LogP) is 9.99. The van der Waals surface area contributed by atoms with Crippen molar-refractivity contribution < 1.29 is 30.2 Å². The third kappa shape index (κ3) is 8.41. The van der Waals surface area contributed by atoms with E-state index in [-0.39, 0.29) is 16.4 Å². The number of piperazine rings is 1. The Labute approximate surface area is 336 Å². The van der Waals surface area contributed by atoms with E-state index in [1.807, 2.05) is 31.3 Å². The van der Waals surface area contributed by atoms with Gasteiger partial charge in [0.25, 0.3) is 9.84 Å². The van der Waals surface area contributed by atoms with Crippen molar-refractivity contribution in [2.24, 2.45) is 7.05 Å². The Morgan fingerprint density at radius 2 is 1.39 bits per heavy atom. The lowest BCUT2D eigenvalue weighted by molar-refractivity contribution is -0.0435. The van der Waals surface area contributed by atoms with Gasteiger partial charge in [0.2, 0.25) is 0 Å². The lowest BCUT2D eigenvalue weighted by Crippen LogP contribution is -2.46. The fourth-order valence-electron chi connectivity index (χ4n) is 6.88. The van der Waals surface area contributed by atoms with Crippen LogP contribution in [0.1, 0.15) is 11.3 Å². The number of halogens is 4. The van der Waals surface area contributed by atoms with Crippen molar-refractivity contribution in [3.05, 3.63) is 138 Å². The molecule has 2 heterocycles.